The van der Waals surface area contributed by atoms with Gasteiger partial charge >= 0.3 is 6.03 Å². The number of urea groups is 1. The molecule has 90 valence electrons. The van der Waals surface area contributed by atoms with E-state index in [-0.39, 0.29) is 18.5 Å². The Morgan fingerprint density at radius 2 is 1.94 bits per heavy atom. The molecule has 4 heteroatoms. The lowest BCUT2D eigenvalue weighted by molar-refractivity contribution is -0.118. The molecular formula is C12H20N2O2. The predicted octanol–water partition coefficient (Wildman–Crippen LogP) is 1.90. The molecule has 2 fully saturated rings. The zero-order valence-electron chi connectivity index (χ0n) is 9.87. The van der Waals surface area contributed by atoms with Crippen molar-refractivity contribution in [3.05, 3.63) is 0 Å². The normalized spacial score (nSPS) is 30.7. The number of carbonyl (C=O) groups excluding carboxylic acids is 2. The first-order chi connectivity index (χ1) is 7.70. The largest absolute Gasteiger partial charge is 0.324 e. The highest BCUT2D eigenvalue weighted by molar-refractivity contribution is 6.02. The number of nitrogens with one attached hydrogen (secondary N) is 1. The minimum absolute atomic E-state index is 0.152. The molecule has 0 unspecified atom stereocenters. The summed E-state index contributed by atoms with van der Waals surface area (Å²) >= 11 is 0. The van der Waals surface area contributed by atoms with Gasteiger partial charge in [0, 0.05) is 6.04 Å². The average Bonchev–Trinajstić information content (AvgIpc) is 2.59. The molecule has 1 N–H and O–H groups in total. The van der Waals surface area contributed by atoms with Gasteiger partial charge in [0.1, 0.15) is 6.54 Å². The van der Waals surface area contributed by atoms with Crippen LogP contribution < -0.4 is 5.32 Å². The molecule has 0 aromatic carbocycles. The van der Waals surface area contributed by atoms with E-state index in [1.165, 1.54) is 25.7 Å². The minimum atomic E-state index is -0.191. The van der Waals surface area contributed by atoms with Crippen LogP contribution in [0.5, 0.6) is 0 Å². The summed E-state index contributed by atoms with van der Waals surface area (Å²) in [5.41, 5.74) is 0. The summed E-state index contributed by atoms with van der Waals surface area (Å²) in [4.78, 5) is 24.3. The van der Waals surface area contributed by atoms with E-state index in [1.54, 1.807) is 4.90 Å². The van der Waals surface area contributed by atoms with Crippen LogP contribution in [0.4, 0.5) is 4.79 Å². The third-order valence-electron chi connectivity index (χ3n) is 3.78. The van der Waals surface area contributed by atoms with E-state index in [0.717, 1.165) is 18.8 Å². The molecule has 0 aromatic heterocycles. The molecule has 3 amide bonds. The van der Waals surface area contributed by atoms with Crippen molar-refractivity contribution in [3.8, 4) is 0 Å². The molecule has 2 rings (SSSR count). The lowest BCUT2D eigenvalue weighted by atomic mass is 9.83. The van der Waals surface area contributed by atoms with Gasteiger partial charge in [-0.3, -0.25) is 10.1 Å². The highest BCUT2D eigenvalue weighted by Gasteiger charge is 2.34. The number of amides is 3. The number of nitrogens with zero attached hydrogens (tertiary/aromatic N) is 1. The molecule has 2 aliphatic rings. The van der Waals surface area contributed by atoms with E-state index >= 15 is 0 Å². The van der Waals surface area contributed by atoms with Crippen LogP contribution in [0.2, 0.25) is 0 Å². The van der Waals surface area contributed by atoms with Crippen molar-refractivity contribution in [1.29, 1.82) is 0 Å². The van der Waals surface area contributed by atoms with Gasteiger partial charge in [-0.05, 0) is 31.6 Å². The highest BCUT2D eigenvalue weighted by atomic mass is 16.2. The molecule has 0 bridgehead atoms. The number of imide groups is 1. The summed E-state index contributed by atoms with van der Waals surface area (Å²) in [5, 5.41) is 2.35. The van der Waals surface area contributed by atoms with E-state index in [9.17, 15) is 9.59 Å². The second kappa shape index (κ2) is 4.85. The van der Waals surface area contributed by atoms with Crippen LogP contribution in [0.15, 0.2) is 0 Å². The first kappa shape index (κ1) is 11.4. The summed E-state index contributed by atoms with van der Waals surface area (Å²) in [7, 11) is 0. The Morgan fingerprint density at radius 3 is 2.44 bits per heavy atom. The highest BCUT2D eigenvalue weighted by Crippen LogP contribution is 2.30. The Bertz CT molecular complexity index is 283. The Labute approximate surface area is 96.4 Å². The SMILES string of the molecule is CCCC1CCC(N2CC(=O)NC2=O)CC1. The van der Waals surface area contributed by atoms with Crippen molar-refractivity contribution < 1.29 is 9.59 Å². The van der Waals surface area contributed by atoms with Gasteiger partial charge in [-0.2, -0.15) is 0 Å². The van der Waals surface area contributed by atoms with E-state index in [0.29, 0.717) is 6.04 Å². The van der Waals surface area contributed by atoms with Crippen molar-refractivity contribution >= 4 is 11.9 Å². The Kier molecular flexibility index (Phi) is 3.46. The molecule has 0 radical (unpaired) electrons. The van der Waals surface area contributed by atoms with Crippen LogP contribution >= 0.6 is 0 Å². The molecule has 1 aliphatic heterocycles. The molecule has 0 spiro atoms. The zero-order valence-corrected chi connectivity index (χ0v) is 9.87. The minimum Gasteiger partial charge on any atom is -0.312 e. The Hall–Kier alpha value is -1.06. The third-order valence-corrected chi connectivity index (χ3v) is 3.78. The maximum Gasteiger partial charge on any atom is 0.324 e. The topological polar surface area (TPSA) is 49.4 Å². The molecule has 1 saturated carbocycles. The first-order valence-electron chi connectivity index (χ1n) is 6.31. The lowest BCUT2D eigenvalue weighted by Gasteiger charge is -2.33. The van der Waals surface area contributed by atoms with Gasteiger partial charge in [-0.25, -0.2) is 4.79 Å². The molecular weight excluding hydrogens is 204 g/mol. The van der Waals surface area contributed by atoms with E-state index in [4.69, 9.17) is 0 Å². The van der Waals surface area contributed by atoms with Crippen molar-refractivity contribution in [2.75, 3.05) is 6.54 Å². The maximum atomic E-state index is 11.5. The van der Waals surface area contributed by atoms with Gasteiger partial charge in [0.25, 0.3) is 0 Å². The van der Waals surface area contributed by atoms with Crippen LogP contribution in [0.3, 0.4) is 0 Å². The van der Waals surface area contributed by atoms with Crippen LogP contribution in [0.25, 0.3) is 0 Å². The summed E-state index contributed by atoms with van der Waals surface area (Å²) in [6, 6.07) is 0.100. The number of hydrogen-bond acceptors (Lipinski definition) is 2. The summed E-state index contributed by atoms with van der Waals surface area (Å²) < 4.78 is 0. The maximum absolute atomic E-state index is 11.5. The quantitative estimate of drug-likeness (QED) is 0.744. The number of carbonyl (C=O) groups is 2. The monoisotopic (exact) mass is 224 g/mol. The van der Waals surface area contributed by atoms with E-state index in [2.05, 4.69) is 12.2 Å². The molecule has 4 nitrogen and oxygen atoms in total. The fourth-order valence-corrected chi connectivity index (χ4v) is 2.91. The van der Waals surface area contributed by atoms with Crippen LogP contribution in [-0.4, -0.2) is 29.4 Å². The summed E-state index contributed by atoms with van der Waals surface area (Å²) in [6.07, 6.45) is 7.08. The molecule has 1 aliphatic carbocycles. The molecule has 1 saturated heterocycles. The fraction of sp³-hybridized carbons (Fsp3) is 0.833. The van der Waals surface area contributed by atoms with Gasteiger partial charge in [-0.15, -0.1) is 0 Å². The smallest absolute Gasteiger partial charge is 0.312 e. The van der Waals surface area contributed by atoms with E-state index in [1.807, 2.05) is 0 Å². The Balaban J connectivity index is 1.85. The second-order valence-corrected chi connectivity index (χ2v) is 4.94. The molecule has 16 heavy (non-hydrogen) atoms. The van der Waals surface area contributed by atoms with Gasteiger partial charge in [0.2, 0.25) is 5.91 Å². The summed E-state index contributed by atoms with van der Waals surface area (Å²) in [6.45, 7) is 2.49. The first-order valence-corrected chi connectivity index (χ1v) is 6.31. The molecule has 1 heterocycles. The van der Waals surface area contributed by atoms with Crippen LogP contribution in [-0.2, 0) is 4.79 Å². The Morgan fingerprint density at radius 1 is 1.25 bits per heavy atom. The van der Waals surface area contributed by atoms with Crippen molar-refractivity contribution in [3.63, 3.8) is 0 Å². The summed E-state index contributed by atoms with van der Waals surface area (Å²) in [5.74, 6) is 0.684. The van der Waals surface area contributed by atoms with Gasteiger partial charge in [0.05, 0.1) is 0 Å². The lowest BCUT2D eigenvalue weighted by Crippen LogP contribution is -2.40. The van der Waals surface area contributed by atoms with Gasteiger partial charge < -0.3 is 4.90 Å². The predicted molar refractivity (Wildman–Crippen MR) is 60.9 cm³/mol. The van der Waals surface area contributed by atoms with E-state index < -0.39 is 0 Å². The standard InChI is InChI=1S/C12H20N2O2/c1-2-3-9-4-6-10(7-5-9)14-8-11(15)13-12(14)16/h9-10H,2-8H2,1H3,(H,13,15,16). The number of rotatable bonds is 3. The van der Waals surface area contributed by atoms with Crippen molar-refractivity contribution in [1.82, 2.24) is 10.2 Å². The zero-order chi connectivity index (χ0) is 11.5. The molecule has 0 aromatic rings. The van der Waals surface area contributed by atoms with Gasteiger partial charge in [0.15, 0.2) is 0 Å². The number of hydrogen-bond donors (Lipinski definition) is 1. The molecule has 0 atom stereocenters. The van der Waals surface area contributed by atoms with Crippen LogP contribution in [0.1, 0.15) is 45.4 Å². The van der Waals surface area contributed by atoms with Crippen molar-refractivity contribution in [2.24, 2.45) is 5.92 Å². The van der Waals surface area contributed by atoms with Crippen LogP contribution in [0, 0.1) is 5.92 Å². The fourth-order valence-electron chi connectivity index (χ4n) is 2.91. The third kappa shape index (κ3) is 2.36. The van der Waals surface area contributed by atoms with Crippen molar-refractivity contribution in [2.45, 2.75) is 51.5 Å². The average molecular weight is 224 g/mol. The second-order valence-electron chi connectivity index (χ2n) is 4.94. The van der Waals surface area contributed by atoms with Gasteiger partial charge in [-0.1, -0.05) is 19.8 Å².